The Morgan fingerprint density at radius 3 is 2.50 bits per heavy atom. The Balaban J connectivity index is 1.54. The third kappa shape index (κ3) is 3.88. The van der Waals surface area contributed by atoms with Crippen LogP contribution in [0.2, 0.25) is 0 Å². The van der Waals surface area contributed by atoms with E-state index in [0.29, 0.717) is 0 Å². The van der Waals surface area contributed by atoms with Crippen LogP contribution in [-0.2, 0) is 6.42 Å². The second kappa shape index (κ2) is 8.24. The number of hydrogen-bond acceptors (Lipinski definition) is 5. The molecule has 1 fully saturated rings. The lowest BCUT2D eigenvalue weighted by Gasteiger charge is -2.37. The van der Waals surface area contributed by atoms with E-state index in [0.717, 1.165) is 61.1 Å². The quantitative estimate of drug-likeness (QED) is 0.589. The molecule has 2 aromatic carbocycles. The van der Waals surface area contributed by atoms with Crippen LogP contribution < -0.4 is 26.8 Å². The number of fused-ring (bicyclic) bond motifs is 1. The lowest BCUT2D eigenvalue weighted by Crippen LogP contribution is -2.45. The van der Waals surface area contributed by atoms with E-state index in [1.165, 1.54) is 0 Å². The van der Waals surface area contributed by atoms with Gasteiger partial charge in [-0.25, -0.2) is 4.79 Å². The highest BCUT2D eigenvalue weighted by Gasteiger charge is 2.35. The summed E-state index contributed by atoms with van der Waals surface area (Å²) in [7, 11) is 0. The molecule has 0 bridgehead atoms. The molecule has 1 saturated heterocycles. The molecular weight excluding hydrogens is 402 g/mol. The minimum absolute atomic E-state index is 0.0182. The summed E-state index contributed by atoms with van der Waals surface area (Å²) in [4.78, 5) is 13.8. The van der Waals surface area contributed by atoms with Gasteiger partial charge in [-0.3, -0.25) is 14.5 Å². The maximum absolute atomic E-state index is 13.8. The SMILES string of the molecule is CC1(C)CNCC(n2c3c(n(-c4ccc(Oc5ccccc5)cc4)c2=O)[C@@H](N)NCC3)C1. The van der Waals surface area contributed by atoms with E-state index in [4.69, 9.17) is 10.5 Å². The fourth-order valence-corrected chi connectivity index (χ4v) is 5.04. The Hall–Kier alpha value is -2.87. The number of nitrogens with one attached hydrogen (secondary N) is 2. The second-order valence-corrected chi connectivity index (χ2v) is 9.56. The summed E-state index contributed by atoms with van der Waals surface area (Å²) in [5, 5.41) is 6.83. The number of imidazole rings is 1. The van der Waals surface area contributed by atoms with Gasteiger partial charge in [0.15, 0.2) is 0 Å². The summed E-state index contributed by atoms with van der Waals surface area (Å²) < 4.78 is 9.69. The third-order valence-corrected chi connectivity index (χ3v) is 6.46. The smallest absolute Gasteiger partial charge is 0.333 e. The van der Waals surface area contributed by atoms with Crippen molar-refractivity contribution in [1.82, 2.24) is 19.8 Å². The van der Waals surface area contributed by atoms with Gasteiger partial charge in [0.25, 0.3) is 0 Å². The first-order valence-electron chi connectivity index (χ1n) is 11.3. The average Bonchev–Trinajstić information content (AvgIpc) is 3.07. The van der Waals surface area contributed by atoms with Crippen molar-refractivity contribution in [3.05, 3.63) is 76.5 Å². The highest BCUT2D eigenvalue weighted by Crippen LogP contribution is 2.33. The number of ether oxygens (including phenoxy) is 1. The molecule has 1 unspecified atom stereocenters. The van der Waals surface area contributed by atoms with Gasteiger partial charge in [0.05, 0.1) is 23.6 Å². The highest BCUT2D eigenvalue weighted by molar-refractivity contribution is 5.42. The van der Waals surface area contributed by atoms with E-state index in [2.05, 4.69) is 24.5 Å². The Morgan fingerprint density at radius 2 is 1.78 bits per heavy atom. The predicted molar refractivity (Wildman–Crippen MR) is 125 cm³/mol. The molecule has 3 heterocycles. The first-order valence-corrected chi connectivity index (χ1v) is 11.3. The van der Waals surface area contributed by atoms with Gasteiger partial charge >= 0.3 is 5.69 Å². The molecule has 0 saturated carbocycles. The molecule has 7 heteroatoms. The molecule has 3 aromatic rings. The summed E-state index contributed by atoms with van der Waals surface area (Å²) in [6.07, 6.45) is 1.37. The molecule has 32 heavy (non-hydrogen) atoms. The number of aromatic nitrogens is 2. The van der Waals surface area contributed by atoms with Crippen molar-refractivity contribution in [2.45, 2.75) is 38.9 Å². The summed E-state index contributed by atoms with van der Waals surface area (Å²) in [6.45, 7) is 7.03. The molecule has 0 radical (unpaired) electrons. The molecule has 1 aromatic heterocycles. The van der Waals surface area contributed by atoms with Gasteiger partial charge in [-0.05, 0) is 48.2 Å². The summed E-state index contributed by atoms with van der Waals surface area (Å²) >= 11 is 0. The molecule has 2 aliphatic heterocycles. The lowest BCUT2D eigenvalue weighted by atomic mass is 9.82. The molecule has 4 N–H and O–H groups in total. The molecule has 0 spiro atoms. The van der Waals surface area contributed by atoms with E-state index < -0.39 is 0 Å². The number of rotatable bonds is 4. The third-order valence-electron chi connectivity index (χ3n) is 6.46. The zero-order valence-electron chi connectivity index (χ0n) is 18.7. The van der Waals surface area contributed by atoms with Crippen molar-refractivity contribution in [2.24, 2.45) is 11.1 Å². The van der Waals surface area contributed by atoms with Crippen LogP contribution in [0.25, 0.3) is 5.69 Å². The topological polar surface area (TPSA) is 86.2 Å². The minimum Gasteiger partial charge on any atom is -0.457 e. The van der Waals surface area contributed by atoms with Gasteiger partial charge in [-0.1, -0.05) is 32.0 Å². The standard InChI is InChI=1S/C25H31N5O2/c1-25(2)14-18(15-27-16-25)29-21-12-13-28-23(26)22(21)30(24(29)31)17-8-10-20(11-9-17)32-19-6-4-3-5-7-19/h3-11,18,23,27-28H,12-16,26H2,1-2H3/t18?,23-/m0/s1. The van der Waals surface area contributed by atoms with Crippen molar-refractivity contribution in [3.63, 3.8) is 0 Å². The Morgan fingerprint density at radius 1 is 1.06 bits per heavy atom. The van der Waals surface area contributed by atoms with E-state index >= 15 is 0 Å². The molecule has 5 rings (SSSR count). The predicted octanol–water partition coefficient (Wildman–Crippen LogP) is 3.09. The number of nitrogens with two attached hydrogens (primary N) is 1. The first kappa shape index (κ1) is 21.0. The Kier molecular flexibility index (Phi) is 5.41. The van der Waals surface area contributed by atoms with Gasteiger partial charge in [0.1, 0.15) is 11.5 Å². The number of hydrogen-bond donors (Lipinski definition) is 3. The number of nitrogens with zero attached hydrogens (tertiary/aromatic N) is 2. The zero-order valence-corrected chi connectivity index (χ0v) is 18.7. The van der Waals surface area contributed by atoms with Crippen LogP contribution in [0.1, 0.15) is 43.9 Å². The monoisotopic (exact) mass is 433 g/mol. The van der Waals surface area contributed by atoms with Crippen molar-refractivity contribution in [1.29, 1.82) is 0 Å². The first-order chi connectivity index (χ1) is 15.4. The molecule has 2 aliphatic rings. The van der Waals surface area contributed by atoms with E-state index in [1.807, 2.05) is 59.2 Å². The number of benzene rings is 2. The Bertz CT molecular complexity index is 1150. The fraction of sp³-hybridized carbons (Fsp3) is 0.400. The molecule has 0 amide bonds. The van der Waals surface area contributed by atoms with E-state index in [-0.39, 0.29) is 23.3 Å². The van der Waals surface area contributed by atoms with Crippen LogP contribution in [0.15, 0.2) is 59.4 Å². The number of piperidine rings is 1. The Labute approximate surface area is 188 Å². The molecular formula is C25H31N5O2. The van der Waals surface area contributed by atoms with Crippen LogP contribution >= 0.6 is 0 Å². The maximum Gasteiger partial charge on any atom is 0.333 e. The van der Waals surface area contributed by atoms with Crippen molar-refractivity contribution < 1.29 is 4.74 Å². The van der Waals surface area contributed by atoms with Crippen molar-refractivity contribution >= 4 is 0 Å². The van der Waals surface area contributed by atoms with E-state index in [9.17, 15) is 4.79 Å². The largest absolute Gasteiger partial charge is 0.457 e. The zero-order chi connectivity index (χ0) is 22.3. The van der Waals surface area contributed by atoms with Gasteiger partial charge in [0, 0.05) is 31.7 Å². The molecule has 0 aliphatic carbocycles. The molecule has 7 nitrogen and oxygen atoms in total. The fourth-order valence-electron chi connectivity index (χ4n) is 5.04. The average molecular weight is 434 g/mol. The van der Waals surface area contributed by atoms with Crippen molar-refractivity contribution in [3.8, 4) is 17.2 Å². The van der Waals surface area contributed by atoms with Gasteiger partial charge in [-0.15, -0.1) is 0 Å². The summed E-state index contributed by atoms with van der Waals surface area (Å²) in [6, 6.07) is 17.4. The maximum atomic E-state index is 13.8. The van der Waals surface area contributed by atoms with Crippen molar-refractivity contribution in [2.75, 3.05) is 19.6 Å². The second-order valence-electron chi connectivity index (χ2n) is 9.56. The van der Waals surface area contributed by atoms with Gasteiger partial charge < -0.3 is 15.8 Å². The molecule has 168 valence electrons. The summed E-state index contributed by atoms with van der Waals surface area (Å²) in [5.41, 5.74) is 9.29. The van der Waals surface area contributed by atoms with Crippen LogP contribution in [-0.4, -0.2) is 28.8 Å². The van der Waals surface area contributed by atoms with Gasteiger partial charge in [0.2, 0.25) is 0 Å². The van der Waals surface area contributed by atoms with Crippen LogP contribution in [0.3, 0.4) is 0 Å². The van der Waals surface area contributed by atoms with Crippen LogP contribution in [0.5, 0.6) is 11.5 Å². The normalized spacial score (nSPS) is 22.3. The van der Waals surface area contributed by atoms with Gasteiger partial charge in [-0.2, -0.15) is 0 Å². The van der Waals surface area contributed by atoms with E-state index in [1.54, 1.807) is 4.57 Å². The van der Waals surface area contributed by atoms with Crippen LogP contribution in [0.4, 0.5) is 0 Å². The highest BCUT2D eigenvalue weighted by atomic mass is 16.5. The van der Waals surface area contributed by atoms with Crippen LogP contribution in [0, 0.1) is 5.41 Å². The molecule has 2 atom stereocenters. The minimum atomic E-state index is -0.377. The number of para-hydroxylation sites is 1. The summed E-state index contributed by atoms with van der Waals surface area (Å²) in [5.74, 6) is 1.50. The lowest BCUT2D eigenvalue weighted by molar-refractivity contribution is 0.197.